The molecule has 0 saturated carbocycles. The second-order valence-electron chi connectivity index (χ2n) is 22.4. The molecule has 0 aliphatic carbocycles. The number of ether oxygens (including phenoxy) is 1. The molecule has 2 aliphatic heterocycles. The Bertz CT molecular complexity index is 3480. The number of hydrogen-bond acceptors (Lipinski definition) is 2. The molecule has 69 heavy (non-hydrogen) atoms. The highest BCUT2D eigenvalue weighted by molar-refractivity contribution is 6.09. The first kappa shape index (κ1) is 44.7. The summed E-state index contributed by atoms with van der Waals surface area (Å²) in [7, 11) is 0. The summed E-state index contributed by atoms with van der Waals surface area (Å²) < 4.78 is 10.7. The van der Waals surface area contributed by atoms with Crippen LogP contribution in [0.4, 0.5) is 22.7 Å². The number of benzene rings is 7. The zero-order valence-electron chi connectivity index (χ0n) is 42.4. The molecule has 2 aromatic heterocycles. The molecule has 1 saturated heterocycles. The maximum atomic E-state index is 7.28. The summed E-state index contributed by atoms with van der Waals surface area (Å²) in [5, 5.41) is 2.35. The number of pyridine rings is 1. The molecule has 5 nitrogen and oxygen atoms in total. The van der Waals surface area contributed by atoms with Crippen molar-refractivity contribution in [1.82, 2.24) is 18.7 Å². The number of quaternary nitrogens is 2. The zero-order chi connectivity index (χ0) is 48.4. The molecule has 0 bridgehead atoms. The molecule has 5 heteroatoms. The van der Waals surface area contributed by atoms with Crippen molar-refractivity contribution in [2.75, 3.05) is 0 Å². The van der Waals surface area contributed by atoms with Crippen LogP contribution in [0.15, 0.2) is 158 Å². The minimum atomic E-state index is -0.0621. The zero-order valence-corrected chi connectivity index (χ0v) is 42.4. The van der Waals surface area contributed by atoms with E-state index in [-0.39, 0.29) is 10.8 Å². The minimum absolute atomic E-state index is 0.0254. The van der Waals surface area contributed by atoms with Gasteiger partial charge in [0.2, 0.25) is 11.4 Å². The quantitative estimate of drug-likeness (QED) is 0.0820. The molecule has 0 radical (unpaired) electrons. The predicted octanol–water partition coefficient (Wildman–Crippen LogP) is 18.1. The molecule has 0 N–H and O–H groups in total. The van der Waals surface area contributed by atoms with Gasteiger partial charge in [0.05, 0.1) is 11.0 Å². The Hall–Kier alpha value is -6.79. The minimum Gasteiger partial charge on any atom is -0.457 e. The van der Waals surface area contributed by atoms with Crippen LogP contribution < -0.4 is 13.9 Å². The van der Waals surface area contributed by atoms with Crippen molar-refractivity contribution < 1.29 is 4.74 Å². The van der Waals surface area contributed by atoms with E-state index < -0.39 is 0 Å². The van der Waals surface area contributed by atoms with Crippen molar-refractivity contribution in [3.8, 4) is 39.6 Å². The van der Waals surface area contributed by atoms with E-state index in [2.05, 4.69) is 246 Å². The van der Waals surface area contributed by atoms with Crippen molar-refractivity contribution in [2.45, 2.75) is 106 Å². The number of aryl methyl sites for hydroxylation is 2. The monoisotopic (exact) mass is 906 g/mol. The van der Waals surface area contributed by atoms with Crippen LogP contribution in [0.2, 0.25) is 0 Å². The van der Waals surface area contributed by atoms with E-state index in [1.54, 1.807) is 0 Å². The molecule has 0 spiro atoms. The lowest BCUT2D eigenvalue weighted by atomic mass is 9.84. The van der Waals surface area contributed by atoms with Crippen LogP contribution in [-0.2, 0) is 10.8 Å². The summed E-state index contributed by atoms with van der Waals surface area (Å²) in [5.41, 5.74) is 19.9. The molecule has 7 aromatic carbocycles. The Morgan fingerprint density at radius 1 is 0.507 bits per heavy atom. The summed E-state index contributed by atoms with van der Waals surface area (Å²) >= 11 is 0. The van der Waals surface area contributed by atoms with Gasteiger partial charge in [-0.05, 0) is 129 Å². The lowest BCUT2D eigenvalue weighted by Crippen LogP contribution is -2.46. The van der Waals surface area contributed by atoms with Gasteiger partial charge in [-0.2, -0.15) is 9.18 Å². The normalized spacial score (nSPS) is 17.6. The van der Waals surface area contributed by atoms with E-state index in [4.69, 9.17) is 9.72 Å². The van der Waals surface area contributed by atoms with Crippen molar-refractivity contribution in [3.05, 3.63) is 198 Å². The molecule has 0 amide bonds. The molecule has 9 aromatic rings. The number of aromatic nitrogens is 2. The van der Waals surface area contributed by atoms with E-state index in [0.29, 0.717) is 21.0 Å². The fourth-order valence-corrected chi connectivity index (χ4v) is 11.1. The molecule has 1 unspecified atom stereocenters. The van der Waals surface area contributed by atoms with Gasteiger partial charge in [0, 0.05) is 59.4 Å². The van der Waals surface area contributed by atoms with Crippen LogP contribution in [0.5, 0.6) is 11.5 Å². The first-order valence-corrected chi connectivity index (χ1v) is 24.8. The highest BCUT2D eigenvalue weighted by atomic mass is 16.5. The SMILES string of the molecule is Cc1cc2c(cc1C)[N@@+]1(c3cc(-c4ccccc4)cc(C(C)(C)C)c3)[CH-][N+]21c1cc(Oc2ccc3c4ccccc4n(-c4cc(C(C)(C)C)ccn4)c3c2)cc(-c2c(C(C)C)cccc2C(C)C)c1. The Labute approximate surface area is 409 Å². The number of fused-ring (bicyclic) bond motifs is 7. The van der Waals surface area contributed by atoms with Crippen LogP contribution in [0.3, 0.4) is 0 Å². The molecule has 1 fully saturated rings. The first-order valence-electron chi connectivity index (χ1n) is 24.8. The summed E-state index contributed by atoms with van der Waals surface area (Å²) in [6.45, 7) is 30.0. The third kappa shape index (κ3) is 7.07. The Morgan fingerprint density at radius 3 is 1.77 bits per heavy atom. The maximum absolute atomic E-state index is 7.28. The van der Waals surface area contributed by atoms with Crippen molar-refractivity contribution in [3.63, 3.8) is 0 Å². The van der Waals surface area contributed by atoms with E-state index >= 15 is 0 Å². The fraction of sp³-hybridized carbons (Fsp3) is 0.250. The molecule has 346 valence electrons. The van der Waals surface area contributed by atoms with Gasteiger partial charge in [-0.1, -0.05) is 142 Å². The predicted molar refractivity (Wildman–Crippen MR) is 291 cm³/mol. The van der Waals surface area contributed by atoms with Gasteiger partial charge < -0.3 is 4.74 Å². The lowest BCUT2D eigenvalue weighted by molar-refractivity contribution is 0.422. The van der Waals surface area contributed by atoms with E-state index in [1.165, 1.54) is 83.8 Å². The summed E-state index contributed by atoms with van der Waals surface area (Å²) in [4.78, 5) is 4.98. The van der Waals surface area contributed by atoms with Crippen LogP contribution in [0.1, 0.15) is 114 Å². The van der Waals surface area contributed by atoms with E-state index in [0.717, 1.165) is 33.7 Å². The van der Waals surface area contributed by atoms with Crippen molar-refractivity contribution >= 4 is 44.6 Å². The average molecular weight is 906 g/mol. The topological polar surface area (TPSA) is 27.1 Å². The number of hydrogen-bond donors (Lipinski definition) is 0. The van der Waals surface area contributed by atoms with E-state index in [1.807, 2.05) is 6.20 Å². The van der Waals surface area contributed by atoms with Crippen LogP contribution >= 0.6 is 0 Å². The molecule has 2 aliphatic rings. The molecular weight excluding hydrogens is 841 g/mol. The van der Waals surface area contributed by atoms with Crippen LogP contribution in [0.25, 0.3) is 49.9 Å². The summed E-state index contributed by atoms with van der Waals surface area (Å²) in [6, 6.07) is 56.5. The Morgan fingerprint density at radius 2 is 1.12 bits per heavy atom. The van der Waals surface area contributed by atoms with Gasteiger partial charge in [-0.25, -0.2) is 4.98 Å². The van der Waals surface area contributed by atoms with Crippen LogP contribution in [-0.4, -0.2) is 9.55 Å². The van der Waals surface area contributed by atoms with Gasteiger partial charge in [0.1, 0.15) is 17.3 Å². The third-order valence-corrected chi connectivity index (χ3v) is 15.1. The largest absolute Gasteiger partial charge is 0.457 e. The Kier molecular flexibility index (Phi) is 10.3. The van der Waals surface area contributed by atoms with Gasteiger partial charge in [0.25, 0.3) is 0 Å². The molecular formula is C64H65N4O+. The fourth-order valence-electron chi connectivity index (χ4n) is 11.1. The number of rotatable bonds is 9. The molecule has 11 rings (SSSR count). The molecule has 4 heterocycles. The smallest absolute Gasteiger partial charge is 0.225 e. The summed E-state index contributed by atoms with van der Waals surface area (Å²) in [5.74, 6) is 3.13. The standard InChI is InChI=1S/C64H65N4O/c1-40(2)53-22-18-23-54(41(3)4)62(53)46-33-50(37-52(34-46)69-51-25-26-56-55-21-16-17-24-57(55)66(58(56)38-51)61-36-47(27-28-65-61)63(7,8)9)68-39-67(68,59-29-42(5)43(6)30-60(59)68)49-32-45(44-19-14-13-15-20-44)31-48(35-49)64(10,11)12/h13-41H,1-12H3/q+1/t67-,68?/m0/s1. The third-order valence-electron chi connectivity index (χ3n) is 15.1. The second-order valence-corrected chi connectivity index (χ2v) is 22.4. The number of nitrogens with zero attached hydrogens (tertiary/aromatic N) is 4. The average Bonchev–Trinajstić information content (AvgIpc) is 3.84. The number of para-hydroxylation sites is 1. The van der Waals surface area contributed by atoms with Crippen molar-refractivity contribution in [1.29, 1.82) is 0 Å². The van der Waals surface area contributed by atoms with E-state index in [9.17, 15) is 0 Å². The maximum Gasteiger partial charge on any atom is 0.225 e. The lowest BCUT2D eigenvalue weighted by Gasteiger charge is -2.41. The first-order chi connectivity index (χ1) is 32.9. The van der Waals surface area contributed by atoms with Gasteiger partial charge in [-0.15, -0.1) is 0 Å². The Balaban J connectivity index is 1.14. The second kappa shape index (κ2) is 15.9. The van der Waals surface area contributed by atoms with Crippen LogP contribution in [0, 0.1) is 20.5 Å². The van der Waals surface area contributed by atoms with Crippen molar-refractivity contribution in [2.24, 2.45) is 0 Å². The highest BCUT2D eigenvalue weighted by Gasteiger charge is 2.78. The highest BCUT2D eigenvalue weighted by Crippen LogP contribution is 2.76. The summed E-state index contributed by atoms with van der Waals surface area (Å²) in [6.07, 6.45) is 1.94. The van der Waals surface area contributed by atoms with Gasteiger partial charge >= 0.3 is 0 Å². The van der Waals surface area contributed by atoms with Gasteiger partial charge in [0.15, 0.2) is 18.0 Å². The molecule has 2 atom stereocenters. The van der Waals surface area contributed by atoms with Gasteiger partial charge in [-0.3, -0.25) is 4.57 Å².